The maximum atomic E-state index is 2.49. The number of rotatable bonds is 3. The molecule has 258 valence electrons. The molecule has 1 nitrogen and oxygen atoms in total. The summed E-state index contributed by atoms with van der Waals surface area (Å²) in [5, 5.41) is 5.14. The van der Waals surface area contributed by atoms with E-state index < -0.39 is 5.41 Å². The van der Waals surface area contributed by atoms with Gasteiger partial charge < -0.3 is 4.90 Å². The Hall–Kier alpha value is -6.70. The average molecular weight is 700 g/mol. The Morgan fingerprint density at radius 2 is 0.891 bits per heavy atom. The van der Waals surface area contributed by atoms with Gasteiger partial charge in [-0.25, -0.2) is 0 Å². The molecule has 1 spiro atoms. The number of hydrogen-bond acceptors (Lipinski definition) is 1. The molecule has 0 fully saturated rings. The second kappa shape index (κ2) is 10.9. The zero-order chi connectivity index (χ0) is 36.5. The Labute approximate surface area is 321 Å². The topological polar surface area (TPSA) is 3.24 Å². The third-order valence-corrected chi connectivity index (χ3v) is 13.0. The van der Waals surface area contributed by atoms with Crippen LogP contribution in [0.15, 0.2) is 188 Å². The van der Waals surface area contributed by atoms with Crippen LogP contribution in [0.5, 0.6) is 0 Å². The van der Waals surface area contributed by atoms with Crippen molar-refractivity contribution in [1.82, 2.24) is 0 Å². The molecule has 0 saturated heterocycles. The van der Waals surface area contributed by atoms with Gasteiger partial charge in [0.15, 0.2) is 0 Å². The monoisotopic (exact) mass is 699 g/mol. The van der Waals surface area contributed by atoms with Gasteiger partial charge in [0.2, 0.25) is 0 Å². The van der Waals surface area contributed by atoms with Gasteiger partial charge in [0.1, 0.15) is 0 Å². The highest BCUT2D eigenvalue weighted by molar-refractivity contribution is 6.06. The molecule has 0 saturated carbocycles. The molecular weight excluding hydrogens is 663 g/mol. The molecule has 0 amide bonds. The van der Waals surface area contributed by atoms with Crippen LogP contribution in [0.25, 0.3) is 54.9 Å². The first kappa shape index (κ1) is 30.7. The summed E-state index contributed by atoms with van der Waals surface area (Å²) >= 11 is 0. The SMILES string of the molecule is CC1(C)c2cc3cc(N(c4ccccc4)c4ccc5c(c4)C4(c6ccccc6-c6ccccc64)c4ccccc4-5)ccc3cc2-c2c1ccc1ccccc21. The summed E-state index contributed by atoms with van der Waals surface area (Å²) in [6.45, 7) is 4.77. The predicted octanol–water partition coefficient (Wildman–Crippen LogP) is 14.1. The van der Waals surface area contributed by atoms with Crippen LogP contribution in [-0.4, -0.2) is 0 Å². The van der Waals surface area contributed by atoms with Crippen LogP contribution in [0.4, 0.5) is 17.1 Å². The minimum absolute atomic E-state index is 0.102. The van der Waals surface area contributed by atoms with Crippen LogP contribution in [0.3, 0.4) is 0 Å². The molecule has 0 aromatic heterocycles. The first-order chi connectivity index (χ1) is 27.0. The van der Waals surface area contributed by atoms with E-state index in [0.717, 1.165) is 17.1 Å². The Morgan fingerprint density at radius 3 is 1.60 bits per heavy atom. The molecular formula is C54H37N. The number of nitrogens with zero attached hydrogens (tertiary/aromatic N) is 1. The normalized spacial score (nSPS) is 14.7. The molecule has 0 N–H and O–H groups in total. The summed E-state index contributed by atoms with van der Waals surface area (Å²) in [6, 6.07) is 70.6. The first-order valence-corrected chi connectivity index (χ1v) is 19.4. The van der Waals surface area contributed by atoms with Crippen molar-refractivity contribution in [3.05, 3.63) is 221 Å². The van der Waals surface area contributed by atoms with Gasteiger partial charge in [-0.1, -0.05) is 153 Å². The molecule has 0 bridgehead atoms. The number of hydrogen-bond donors (Lipinski definition) is 0. The second-order valence-electron chi connectivity index (χ2n) is 16.1. The summed E-state index contributed by atoms with van der Waals surface area (Å²) in [5.41, 5.74) is 19.2. The Kier molecular flexibility index (Phi) is 6.11. The van der Waals surface area contributed by atoms with Gasteiger partial charge in [0.25, 0.3) is 0 Å². The highest BCUT2D eigenvalue weighted by atomic mass is 15.1. The maximum absolute atomic E-state index is 2.49. The Balaban J connectivity index is 1.07. The zero-order valence-corrected chi connectivity index (χ0v) is 30.8. The molecule has 9 aromatic rings. The van der Waals surface area contributed by atoms with E-state index in [1.807, 2.05) is 0 Å². The molecule has 0 heterocycles. The Bertz CT molecular complexity index is 3010. The average Bonchev–Trinajstić information content (AvgIpc) is 3.79. The van der Waals surface area contributed by atoms with Gasteiger partial charge in [-0.15, -0.1) is 0 Å². The fourth-order valence-corrected chi connectivity index (χ4v) is 10.6. The number of para-hydroxylation sites is 1. The number of fused-ring (bicyclic) bond motifs is 16. The van der Waals surface area contributed by atoms with Crippen molar-refractivity contribution in [2.24, 2.45) is 0 Å². The molecule has 0 aliphatic heterocycles. The lowest BCUT2D eigenvalue weighted by molar-refractivity contribution is 0.661. The summed E-state index contributed by atoms with van der Waals surface area (Å²) < 4.78 is 0. The van der Waals surface area contributed by atoms with Crippen LogP contribution >= 0.6 is 0 Å². The molecule has 55 heavy (non-hydrogen) atoms. The standard InChI is InChI=1S/C54H37N/c1-53(2)49-29-25-34-14-6-7-17-40(34)52(49)45-31-35-24-26-38(30-36(35)32-50(45)53)55(37-15-4-3-5-16-37)39-27-28-44-43-20-10-13-23-48(43)54(51(44)33-39)46-21-11-8-18-41(46)42-19-9-12-22-47(42)54/h3-33H,1-2H3. The van der Waals surface area contributed by atoms with Gasteiger partial charge in [-0.05, 0) is 137 Å². The lowest BCUT2D eigenvalue weighted by Gasteiger charge is -2.32. The lowest BCUT2D eigenvalue weighted by atomic mass is 9.70. The fourth-order valence-electron chi connectivity index (χ4n) is 10.6. The minimum Gasteiger partial charge on any atom is -0.310 e. The highest BCUT2D eigenvalue weighted by Gasteiger charge is 2.51. The molecule has 3 aliphatic carbocycles. The molecule has 1 heteroatoms. The van der Waals surface area contributed by atoms with E-state index in [-0.39, 0.29) is 5.41 Å². The van der Waals surface area contributed by atoms with Crippen molar-refractivity contribution in [3.8, 4) is 33.4 Å². The van der Waals surface area contributed by atoms with Crippen molar-refractivity contribution in [2.75, 3.05) is 4.90 Å². The smallest absolute Gasteiger partial charge is 0.0726 e. The van der Waals surface area contributed by atoms with Crippen LogP contribution in [-0.2, 0) is 10.8 Å². The van der Waals surface area contributed by atoms with Crippen molar-refractivity contribution in [1.29, 1.82) is 0 Å². The summed E-state index contributed by atoms with van der Waals surface area (Å²) in [7, 11) is 0. The first-order valence-electron chi connectivity index (χ1n) is 19.4. The highest BCUT2D eigenvalue weighted by Crippen LogP contribution is 2.63. The molecule has 0 unspecified atom stereocenters. The van der Waals surface area contributed by atoms with Crippen molar-refractivity contribution < 1.29 is 0 Å². The second-order valence-corrected chi connectivity index (χ2v) is 16.1. The largest absolute Gasteiger partial charge is 0.310 e. The van der Waals surface area contributed by atoms with Gasteiger partial charge in [0, 0.05) is 22.5 Å². The van der Waals surface area contributed by atoms with E-state index in [9.17, 15) is 0 Å². The van der Waals surface area contributed by atoms with E-state index >= 15 is 0 Å². The van der Waals surface area contributed by atoms with E-state index in [0.29, 0.717) is 0 Å². The van der Waals surface area contributed by atoms with E-state index in [4.69, 9.17) is 0 Å². The van der Waals surface area contributed by atoms with Gasteiger partial charge in [-0.2, -0.15) is 0 Å². The maximum Gasteiger partial charge on any atom is 0.0726 e. The van der Waals surface area contributed by atoms with Gasteiger partial charge in [-0.3, -0.25) is 0 Å². The number of anilines is 3. The van der Waals surface area contributed by atoms with Crippen molar-refractivity contribution >= 4 is 38.6 Å². The third-order valence-electron chi connectivity index (χ3n) is 13.0. The zero-order valence-electron chi connectivity index (χ0n) is 30.8. The lowest BCUT2D eigenvalue weighted by Crippen LogP contribution is -2.26. The van der Waals surface area contributed by atoms with Crippen molar-refractivity contribution in [3.63, 3.8) is 0 Å². The third kappa shape index (κ3) is 3.97. The van der Waals surface area contributed by atoms with Crippen LogP contribution in [0, 0.1) is 0 Å². The fraction of sp³-hybridized carbons (Fsp3) is 0.0741. The summed E-state index contributed by atoms with van der Waals surface area (Å²) in [4.78, 5) is 2.45. The molecule has 0 radical (unpaired) electrons. The quantitative estimate of drug-likeness (QED) is 0.177. The van der Waals surface area contributed by atoms with Gasteiger partial charge >= 0.3 is 0 Å². The van der Waals surface area contributed by atoms with Gasteiger partial charge in [0.05, 0.1) is 5.41 Å². The van der Waals surface area contributed by atoms with E-state index in [2.05, 4.69) is 207 Å². The number of benzene rings is 9. The van der Waals surface area contributed by atoms with E-state index in [1.165, 1.54) is 88.3 Å². The molecule has 12 rings (SSSR count). The van der Waals surface area contributed by atoms with Crippen LogP contribution in [0.2, 0.25) is 0 Å². The summed E-state index contributed by atoms with van der Waals surface area (Å²) in [5.74, 6) is 0. The van der Waals surface area contributed by atoms with Crippen molar-refractivity contribution in [2.45, 2.75) is 24.7 Å². The van der Waals surface area contributed by atoms with Crippen LogP contribution < -0.4 is 4.90 Å². The van der Waals surface area contributed by atoms with Crippen LogP contribution in [0.1, 0.15) is 47.2 Å². The predicted molar refractivity (Wildman–Crippen MR) is 230 cm³/mol. The Morgan fingerprint density at radius 1 is 0.327 bits per heavy atom. The molecule has 9 aromatic carbocycles. The molecule has 0 atom stereocenters. The van der Waals surface area contributed by atoms with E-state index in [1.54, 1.807) is 0 Å². The summed E-state index contributed by atoms with van der Waals surface area (Å²) in [6.07, 6.45) is 0. The molecule has 3 aliphatic rings. The minimum atomic E-state index is -0.397.